The van der Waals surface area contributed by atoms with Crippen molar-refractivity contribution in [2.45, 2.75) is 31.8 Å². The van der Waals surface area contributed by atoms with Gasteiger partial charge in [-0.3, -0.25) is 4.90 Å². The van der Waals surface area contributed by atoms with Crippen LogP contribution in [0.1, 0.15) is 30.4 Å². The maximum absolute atomic E-state index is 11.8. The van der Waals surface area contributed by atoms with Gasteiger partial charge in [-0.05, 0) is 31.9 Å². The van der Waals surface area contributed by atoms with Crippen LogP contribution in [0.4, 0.5) is 4.79 Å². The normalized spacial score (nSPS) is 21.0. The van der Waals surface area contributed by atoms with Crippen LogP contribution < -0.4 is 10.6 Å². The summed E-state index contributed by atoms with van der Waals surface area (Å²) in [6.07, 6.45) is 2.19. The summed E-state index contributed by atoms with van der Waals surface area (Å²) in [7, 11) is 0. The Morgan fingerprint density at radius 2 is 2.14 bits per heavy atom. The van der Waals surface area contributed by atoms with Crippen molar-refractivity contribution in [3.05, 3.63) is 23.7 Å². The molecule has 21 heavy (non-hydrogen) atoms. The maximum Gasteiger partial charge on any atom is 0.315 e. The SMILES string of the molecule is Cc1ccc(C(CNC(=O)NC2CC2)N2CCOCC2)o1. The highest BCUT2D eigenvalue weighted by molar-refractivity contribution is 5.74. The van der Waals surface area contributed by atoms with Crippen LogP contribution in [0, 0.1) is 6.92 Å². The van der Waals surface area contributed by atoms with Crippen LogP contribution in [0.25, 0.3) is 0 Å². The lowest BCUT2D eigenvalue weighted by atomic mass is 10.1. The Labute approximate surface area is 124 Å². The fraction of sp³-hybridized carbons (Fsp3) is 0.667. The van der Waals surface area contributed by atoms with E-state index >= 15 is 0 Å². The fourth-order valence-corrected chi connectivity index (χ4v) is 2.58. The number of hydrogen-bond donors (Lipinski definition) is 2. The van der Waals surface area contributed by atoms with Gasteiger partial charge in [-0.25, -0.2) is 4.79 Å². The summed E-state index contributed by atoms with van der Waals surface area (Å²) in [5, 5.41) is 5.91. The van der Waals surface area contributed by atoms with E-state index in [1.807, 2.05) is 19.1 Å². The number of ether oxygens (including phenoxy) is 1. The molecule has 1 aliphatic heterocycles. The predicted molar refractivity (Wildman–Crippen MR) is 78.1 cm³/mol. The second-order valence-electron chi connectivity index (χ2n) is 5.74. The van der Waals surface area contributed by atoms with Gasteiger partial charge in [-0.2, -0.15) is 0 Å². The molecule has 2 heterocycles. The lowest BCUT2D eigenvalue weighted by Gasteiger charge is -2.33. The van der Waals surface area contributed by atoms with Gasteiger partial charge in [-0.1, -0.05) is 0 Å². The second kappa shape index (κ2) is 6.49. The molecular formula is C15H23N3O3. The predicted octanol–water partition coefficient (Wildman–Crippen LogP) is 1.42. The Hall–Kier alpha value is -1.53. The van der Waals surface area contributed by atoms with Gasteiger partial charge >= 0.3 is 6.03 Å². The summed E-state index contributed by atoms with van der Waals surface area (Å²) in [5.41, 5.74) is 0. The van der Waals surface area contributed by atoms with Crippen molar-refractivity contribution in [1.29, 1.82) is 0 Å². The summed E-state index contributed by atoms with van der Waals surface area (Å²) < 4.78 is 11.2. The van der Waals surface area contributed by atoms with Gasteiger partial charge in [-0.15, -0.1) is 0 Å². The topological polar surface area (TPSA) is 66.7 Å². The number of furan rings is 1. The summed E-state index contributed by atoms with van der Waals surface area (Å²) in [6, 6.07) is 4.31. The quantitative estimate of drug-likeness (QED) is 0.862. The molecule has 1 saturated heterocycles. The molecule has 6 nitrogen and oxygen atoms in total. The minimum atomic E-state index is -0.0842. The number of hydrogen-bond acceptors (Lipinski definition) is 4. The highest BCUT2D eigenvalue weighted by Crippen LogP contribution is 2.23. The number of carbonyl (C=O) groups excluding carboxylic acids is 1. The van der Waals surface area contributed by atoms with Gasteiger partial charge in [0.2, 0.25) is 0 Å². The van der Waals surface area contributed by atoms with Crippen molar-refractivity contribution in [3.63, 3.8) is 0 Å². The molecular weight excluding hydrogens is 270 g/mol. The van der Waals surface area contributed by atoms with Crippen LogP contribution in [0.3, 0.4) is 0 Å². The van der Waals surface area contributed by atoms with Gasteiger partial charge in [0.1, 0.15) is 11.5 Å². The summed E-state index contributed by atoms with van der Waals surface area (Å²) in [6.45, 7) is 5.65. The van der Waals surface area contributed by atoms with Crippen LogP contribution in [-0.4, -0.2) is 49.8 Å². The van der Waals surface area contributed by atoms with Crippen LogP contribution >= 0.6 is 0 Å². The molecule has 0 aromatic carbocycles. The number of urea groups is 1. The van der Waals surface area contributed by atoms with Crippen LogP contribution in [0.5, 0.6) is 0 Å². The number of carbonyl (C=O) groups is 1. The van der Waals surface area contributed by atoms with E-state index in [0.717, 1.165) is 50.7 Å². The van der Waals surface area contributed by atoms with E-state index in [1.54, 1.807) is 0 Å². The summed E-state index contributed by atoms with van der Waals surface area (Å²) in [4.78, 5) is 14.1. The van der Waals surface area contributed by atoms with Crippen LogP contribution in [-0.2, 0) is 4.74 Å². The van der Waals surface area contributed by atoms with Gasteiger partial charge < -0.3 is 19.8 Å². The third-order valence-electron chi connectivity index (χ3n) is 3.94. The first kappa shape index (κ1) is 14.4. The molecule has 2 aliphatic rings. The van der Waals surface area contributed by atoms with E-state index in [1.165, 1.54) is 0 Å². The van der Waals surface area contributed by atoms with E-state index in [9.17, 15) is 4.79 Å². The van der Waals surface area contributed by atoms with E-state index < -0.39 is 0 Å². The lowest BCUT2D eigenvalue weighted by molar-refractivity contribution is 0.0121. The average Bonchev–Trinajstić information content (AvgIpc) is 3.20. The molecule has 2 fully saturated rings. The molecule has 1 aliphatic carbocycles. The summed E-state index contributed by atoms with van der Waals surface area (Å²) >= 11 is 0. The minimum absolute atomic E-state index is 0.0625. The molecule has 3 rings (SSSR count). The average molecular weight is 293 g/mol. The number of amides is 2. The largest absolute Gasteiger partial charge is 0.465 e. The first-order valence-electron chi connectivity index (χ1n) is 7.65. The first-order chi connectivity index (χ1) is 10.2. The Balaban J connectivity index is 1.61. The molecule has 116 valence electrons. The molecule has 0 radical (unpaired) electrons. The zero-order valence-corrected chi connectivity index (χ0v) is 12.4. The number of nitrogens with one attached hydrogen (secondary N) is 2. The molecule has 2 N–H and O–H groups in total. The number of aryl methyl sites for hydroxylation is 1. The maximum atomic E-state index is 11.8. The number of morpholine rings is 1. The molecule has 6 heteroatoms. The molecule has 1 atom stereocenters. The molecule has 1 saturated carbocycles. The smallest absolute Gasteiger partial charge is 0.315 e. The van der Waals surface area contributed by atoms with Crippen LogP contribution in [0.2, 0.25) is 0 Å². The second-order valence-corrected chi connectivity index (χ2v) is 5.74. The van der Waals surface area contributed by atoms with E-state index in [-0.39, 0.29) is 12.1 Å². The summed E-state index contributed by atoms with van der Waals surface area (Å²) in [5.74, 6) is 1.80. The molecule has 0 bridgehead atoms. The Bertz CT molecular complexity index is 478. The van der Waals surface area contributed by atoms with Gasteiger partial charge in [0.05, 0.1) is 19.3 Å². The van der Waals surface area contributed by atoms with Crippen molar-refractivity contribution in [3.8, 4) is 0 Å². The first-order valence-corrected chi connectivity index (χ1v) is 7.65. The van der Waals surface area contributed by atoms with Crippen LogP contribution in [0.15, 0.2) is 16.5 Å². The van der Waals surface area contributed by atoms with Gasteiger partial charge in [0, 0.05) is 25.7 Å². The Kier molecular flexibility index (Phi) is 4.45. The van der Waals surface area contributed by atoms with Crippen molar-refractivity contribution in [2.75, 3.05) is 32.8 Å². The number of rotatable bonds is 5. The van der Waals surface area contributed by atoms with Gasteiger partial charge in [0.25, 0.3) is 0 Å². The van der Waals surface area contributed by atoms with Gasteiger partial charge in [0.15, 0.2) is 0 Å². The van der Waals surface area contributed by atoms with E-state index in [0.29, 0.717) is 12.6 Å². The standard InChI is InChI=1S/C15H23N3O3/c1-11-2-5-14(21-11)13(18-6-8-20-9-7-18)10-16-15(19)17-12-3-4-12/h2,5,12-13H,3-4,6-10H2,1H3,(H2,16,17,19). The molecule has 2 amide bonds. The third-order valence-corrected chi connectivity index (χ3v) is 3.94. The molecule has 1 unspecified atom stereocenters. The van der Waals surface area contributed by atoms with Crippen molar-refractivity contribution >= 4 is 6.03 Å². The molecule has 0 spiro atoms. The van der Waals surface area contributed by atoms with Crippen molar-refractivity contribution in [2.24, 2.45) is 0 Å². The fourth-order valence-electron chi connectivity index (χ4n) is 2.58. The van der Waals surface area contributed by atoms with Crippen molar-refractivity contribution in [1.82, 2.24) is 15.5 Å². The monoisotopic (exact) mass is 293 g/mol. The highest BCUT2D eigenvalue weighted by Gasteiger charge is 2.27. The minimum Gasteiger partial charge on any atom is -0.465 e. The zero-order valence-electron chi connectivity index (χ0n) is 12.4. The lowest BCUT2D eigenvalue weighted by Crippen LogP contribution is -2.46. The molecule has 1 aromatic heterocycles. The highest BCUT2D eigenvalue weighted by atomic mass is 16.5. The van der Waals surface area contributed by atoms with Crippen molar-refractivity contribution < 1.29 is 13.9 Å². The zero-order chi connectivity index (χ0) is 14.7. The van der Waals surface area contributed by atoms with E-state index in [4.69, 9.17) is 9.15 Å². The molecule has 1 aromatic rings. The Morgan fingerprint density at radius 3 is 2.76 bits per heavy atom. The van der Waals surface area contributed by atoms with E-state index in [2.05, 4.69) is 15.5 Å². The number of nitrogens with zero attached hydrogens (tertiary/aromatic N) is 1. The Morgan fingerprint density at radius 1 is 1.38 bits per heavy atom. The third kappa shape index (κ3) is 3.98.